The van der Waals surface area contributed by atoms with Crippen molar-refractivity contribution in [1.29, 1.82) is 0 Å². The SMILES string of the molecule is C/C=C\C(N)=C(/C(I)C1=CC2c3cc(C)ccc3OC2C=C1)n1c2ccccc2c2c3sc4c(c3ccc21)C=CCC4. The number of halogens is 1. The molecule has 0 amide bonds. The average molecular weight is 679 g/mol. The molecular formula is C37H31IN2OS. The summed E-state index contributed by atoms with van der Waals surface area (Å²) in [7, 11) is 0. The van der Waals surface area contributed by atoms with Crippen LogP contribution in [0, 0.1) is 6.92 Å². The lowest BCUT2D eigenvalue weighted by Gasteiger charge is -2.25. The number of aryl methyl sites for hydroxylation is 2. The number of alkyl halides is 1. The summed E-state index contributed by atoms with van der Waals surface area (Å²) in [5.41, 5.74) is 16.4. The van der Waals surface area contributed by atoms with Gasteiger partial charge in [-0.3, -0.25) is 0 Å². The monoisotopic (exact) mass is 678 g/mol. The molecule has 5 aromatic rings. The lowest BCUT2D eigenvalue weighted by atomic mass is 9.87. The standard InChI is InChI=1S/C37H31IN2OS/c1-3-8-28(39)36(35(38)22-14-18-32-27(20-22)26-19-21(2)13-17-31(26)41-32)40-29-11-6-4-10-25(29)34-30(40)16-15-24-23-9-5-7-12-33(23)42-37(24)34/h3-6,8-11,13-20,27,32,35H,7,12,39H2,1-2H3/b8-3-,36-28-. The molecule has 0 fully saturated rings. The molecule has 2 aliphatic carbocycles. The molecule has 1 aliphatic heterocycles. The van der Waals surface area contributed by atoms with Gasteiger partial charge in [-0.15, -0.1) is 11.3 Å². The first kappa shape index (κ1) is 26.1. The zero-order valence-electron chi connectivity index (χ0n) is 23.6. The van der Waals surface area contributed by atoms with Crippen molar-refractivity contribution in [1.82, 2.24) is 4.57 Å². The second kappa shape index (κ2) is 10.0. The van der Waals surface area contributed by atoms with E-state index in [1.807, 2.05) is 30.4 Å². The molecular weight excluding hydrogens is 647 g/mol. The Morgan fingerprint density at radius 2 is 1.98 bits per heavy atom. The summed E-state index contributed by atoms with van der Waals surface area (Å²) in [6.07, 6.45) is 17.9. The Morgan fingerprint density at radius 3 is 2.86 bits per heavy atom. The number of rotatable bonds is 4. The molecule has 8 rings (SSSR count). The Balaban J connectivity index is 1.35. The van der Waals surface area contributed by atoms with Gasteiger partial charge in [0.05, 0.1) is 26.4 Å². The van der Waals surface area contributed by atoms with Crippen LogP contribution in [-0.4, -0.2) is 14.6 Å². The van der Waals surface area contributed by atoms with Crippen molar-refractivity contribution in [3.05, 3.63) is 124 Å². The van der Waals surface area contributed by atoms with Crippen LogP contribution >= 0.6 is 33.9 Å². The average Bonchev–Trinajstić information content (AvgIpc) is 3.67. The van der Waals surface area contributed by atoms with Crippen molar-refractivity contribution in [2.24, 2.45) is 5.73 Å². The molecule has 2 N–H and O–H groups in total. The largest absolute Gasteiger partial charge is 0.485 e. The maximum atomic E-state index is 6.99. The van der Waals surface area contributed by atoms with E-state index in [1.165, 1.54) is 59.0 Å². The maximum Gasteiger partial charge on any atom is 0.128 e. The zero-order valence-corrected chi connectivity index (χ0v) is 26.6. The first-order valence-electron chi connectivity index (χ1n) is 14.6. The predicted octanol–water partition coefficient (Wildman–Crippen LogP) is 9.83. The molecule has 5 heteroatoms. The van der Waals surface area contributed by atoms with Gasteiger partial charge in [0, 0.05) is 37.2 Å². The van der Waals surface area contributed by atoms with Crippen LogP contribution in [0.2, 0.25) is 0 Å². The fourth-order valence-corrected chi connectivity index (χ4v) is 9.36. The van der Waals surface area contributed by atoms with Gasteiger partial charge in [-0.2, -0.15) is 0 Å². The molecule has 3 aliphatic rings. The van der Waals surface area contributed by atoms with Gasteiger partial charge >= 0.3 is 0 Å². The van der Waals surface area contributed by atoms with E-state index >= 15 is 0 Å². The van der Waals surface area contributed by atoms with Gasteiger partial charge < -0.3 is 15.0 Å². The highest BCUT2D eigenvalue weighted by Gasteiger charge is 2.35. The van der Waals surface area contributed by atoms with Crippen LogP contribution in [0.3, 0.4) is 0 Å². The van der Waals surface area contributed by atoms with Gasteiger partial charge in [-0.05, 0) is 68.2 Å². The third-order valence-electron chi connectivity index (χ3n) is 8.84. The summed E-state index contributed by atoms with van der Waals surface area (Å²) < 4.78 is 10.1. The topological polar surface area (TPSA) is 40.2 Å². The van der Waals surface area contributed by atoms with Crippen LogP contribution < -0.4 is 10.5 Å². The smallest absolute Gasteiger partial charge is 0.128 e. The maximum absolute atomic E-state index is 6.99. The van der Waals surface area contributed by atoms with Gasteiger partial charge in [-0.1, -0.05) is 94.9 Å². The summed E-state index contributed by atoms with van der Waals surface area (Å²) in [6.45, 7) is 4.18. The van der Waals surface area contributed by atoms with E-state index in [1.54, 1.807) is 0 Å². The van der Waals surface area contributed by atoms with Gasteiger partial charge in [0.2, 0.25) is 0 Å². The van der Waals surface area contributed by atoms with Crippen LogP contribution in [0.15, 0.2) is 102 Å². The number of aromatic nitrogens is 1. The Bertz CT molecular complexity index is 2090. The van der Waals surface area contributed by atoms with E-state index in [4.69, 9.17) is 10.5 Å². The molecule has 3 heterocycles. The number of nitrogens with zero attached hydrogens (tertiary/aromatic N) is 1. The van der Waals surface area contributed by atoms with E-state index < -0.39 is 0 Å². The van der Waals surface area contributed by atoms with Crippen LogP contribution in [-0.2, 0) is 6.42 Å². The van der Waals surface area contributed by atoms with E-state index in [9.17, 15) is 0 Å². The molecule has 3 aromatic carbocycles. The van der Waals surface area contributed by atoms with E-state index in [0.717, 1.165) is 30.0 Å². The number of nitrogens with two attached hydrogens (primary N) is 1. The highest BCUT2D eigenvalue weighted by molar-refractivity contribution is 14.1. The van der Waals surface area contributed by atoms with Crippen molar-refractivity contribution in [2.75, 3.05) is 0 Å². The molecule has 3 unspecified atom stereocenters. The van der Waals surface area contributed by atoms with Gasteiger partial charge in [0.1, 0.15) is 11.9 Å². The molecule has 2 aromatic heterocycles. The molecule has 0 spiro atoms. The number of hydrogen-bond donors (Lipinski definition) is 1. The van der Waals surface area contributed by atoms with Crippen molar-refractivity contribution in [3.8, 4) is 5.75 Å². The minimum atomic E-state index is 0.0269. The lowest BCUT2D eigenvalue weighted by Crippen LogP contribution is -2.22. The number of hydrogen-bond acceptors (Lipinski definition) is 3. The summed E-state index contributed by atoms with van der Waals surface area (Å²) in [6, 6.07) is 20.0. The Hall–Kier alpha value is -3.55. The summed E-state index contributed by atoms with van der Waals surface area (Å²) in [5, 5.41) is 3.96. The number of allylic oxidation sites excluding steroid dienone is 6. The van der Waals surface area contributed by atoms with E-state index in [2.05, 4.69) is 119 Å². The molecule has 42 heavy (non-hydrogen) atoms. The fourth-order valence-electron chi connectivity index (χ4n) is 6.94. The fraction of sp³-hybridized carbons (Fsp3) is 0.189. The molecule has 0 saturated carbocycles. The van der Waals surface area contributed by atoms with Gasteiger partial charge in [0.25, 0.3) is 0 Å². The quantitative estimate of drug-likeness (QED) is 0.117. The second-order valence-electron chi connectivity index (χ2n) is 11.4. The number of para-hydroxylation sites is 1. The Kier molecular flexibility index (Phi) is 6.23. The van der Waals surface area contributed by atoms with Crippen molar-refractivity contribution >= 4 is 77.6 Å². The number of fused-ring (bicyclic) bond motifs is 10. The van der Waals surface area contributed by atoms with E-state index in [-0.39, 0.29) is 15.9 Å². The summed E-state index contributed by atoms with van der Waals surface area (Å²) >= 11 is 4.56. The van der Waals surface area contributed by atoms with Crippen LogP contribution in [0.4, 0.5) is 0 Å². The normalized spacial score (nSPS) is 20.5. The molecule has 208 valence electrons. The molecule has 0 bridgehead atoms. The van der Waals surface area contributed by atoms with Crippen LogP contribution in [0.1, 0.15) is 40.8 Å². The number of benzene rings is 3. The lowest BCUT2D eigenvalue weighted by molar-refractivity contribution is 0.268. The minimum Gasteiger partial charge on any atom is -0.485 e. The highest BCUT2D eigenvalue weighted by atomic mass is 127. The van der Waals surface area contributed by atoms with Crippen molar-refractivity contribution in [2.45, 2.75) is 42.6 Å². The van der Waals surface area contributed by atoms with E-state index in [0.29, 0.717) is 0 Å². The molecule has 0 saturated heterocycles. The summed E-state index contributed by atoms with van der Waals surface area (Å²) in [5.74, 6) is 1.19. The second-order valence-corrected chi connectivity index (χ2v) is 13.8. The van der Waals surface area contributed by atoms with Gasteiger partial charge in [0.15, 0.2) is 0 Å². The summed E-state index contributed by atoms with van der Waals surface area (Å²) in [4.78, 5) is 1.49. The third-order valence-corrected chi connectivity index (χ3v) is 11.4. The highest BCUT2D eigenvalue weighted by Crippen LogP contribution is 2.47. The molecule has 0 radical (unpaired) electrons. The number of thiophene rings is 1. The van der Waals surface area contributed by atoms with Crippen LogP contribution in [0.5, 0.6) is 5.75 Å². The first-order chi connectivity index (χ1) is 20.5. The predicted molar refractivity (Wildman–Crippen MR) is 188 cm³/mol. The Morgan fingerprint density at radius 1 is 1.10 bits per heavy atom. The Labute approximate surface area is 263 Å². The molecule has 3 atom stereocenters. The van der Waals surface area contributed by atoms with Crippen molar-refractivity contribution in [3.63, 3.8) is 0 Å². The first-order valence-corrected chi connectivity index (χ1v) is 16.7. The third kappa shape index (κ3) is 3.89. The minimum absolute atomic E-state index is 0.0269. The van der Waals surface area contributed by atoms with Crippen LogP contribution in [0.25, 0.3) is 43.7 Å². The molecule has 3 nitrogen and oxygen atoms in total. The zero-order chi connectivity index (χ0) is 28.5. The number of ether oxygens (including phenoxy) is 1. The van der Waals surface area contributed by atoms with Gasteiger partial charge in [-0.25, -0.2) is 0 Å². The van der Waals surface area contributed by atoms with Crippen molar-refractivity contribution < 1.29 is 4.74 Å².